The van der Waals surface area contributed by atoms with Crippen LogP contribution in [0.3, 0.4) is 0 Å². The zero-order valence-corrected chi connectivity index (χ0v) is 12.4. The third-order valence-electron chi connectivity index (χ3n) is 2.07. The van der Waals surface area contributed by atoms with E-state index in [4.69, 9.17) is 0 Å². The number of Topliss-reactive ketones (excluding diaryl/α,β-unsaturated/α-hetero) is 2. The summed E-state index contributed by atoms with van der Waals surface area (Å²) in [6, 6.07) is 0. The molecule has 0 heterocycles. The molecule has 0 aliphatic heterocycles. The van der Waals surface area contributed by atoms with E-state index in [1.807, 2.05) is 0 Å². The van der Waals surface area contributed by atoms with Gasteiger partial charge in [0.1, 0.15) is 11.1 Å². The minimum Gasteiger partial charge on any atom is -0.465 e. The summed E-state index contributed by atoms with van der Waals surface area (Å²) in [6.07, 6.45) is 0. The van der Waals surface area contributed by atoms with Crippen molar-refractivity contribution in [2.45, 2.75) is 0 Å². The van der Waals surface area contributed by atoms with Crippen LogP contribution in [0.5, 0.6) is 0 Å². The van der Waals surface area contributed by atoms with Gasteiger partial charge >= 0.3 is 11.9 Å². The molecule has 0 aromatic rings. The second kappa shape index (κ2) is 5.57. The number of methoxy groups -OCH3 is 2. The van der Waals surface area contributed by atoms with Crippen LogP contribution in [0.15, 0.2) is 20.1 Å². The zero-order valence-electron chi connectivity index (χ0n) is 9.21. The maximum atomic E-state index is 11.9. The van der Waals surface area contributed by atoms with Gasteiger partial charge in [-0.25, -0.2) is 9.59 Å². The van der Waals surface area contributed by atoms with E-state index in [0.717, 1.165) is 14.2 Å². The largest absolute Gasteiger partial charge is 0.465 e. The fourth-order valence-electron chi connectivity index (χ4n) is 1.21. The van der Waals surface area contributed by atoms with Crippen LogP contribution >= 0.6 is 31.9 Å². The molecule has 0 fully saturated rings. The summed E-state index contributed by atoms with van der Waals surface area (Å²) in [4.78, 5) is 46.5. The van der Waals surface area contributed by atoms with Gasteiger partial charge in [0.2, 0.25) is 11.6 Å². The van der Waals surface area contributed by atoms with E-state index in [2.05, 4.69) is 41.3 Å². The molecule has 0 saturated heterocycles. The third kappa shape index (κ3) is 2.30. The Kier molecular flexibility index (Phi) is 4.58. The molecular formula is C10H6Br2O6. The number of carbonyl (C=O) groups excluding carboxylic acids is 4. The third-order valence-corrected chi connectivity index (χ3v) is 3.58. The second-order valence-corrected chi connectivity index (χ2v) is 4.61. The highest BCUT2D eigenvalue weighted by Crippen LogP contribution is 2.32. The number of hydrogen-bond donors (Lipinski definition) is 0. The number of rotatable bonds is 2. The Morgan fingerprint density at radius 1 is 0.833 bits per heavy atom. The number of halogens is 2. The Hall–Kier alpha value is -1.28. The summed E-state index contributed by atoms with van der Waals surface area (Å²) in [7, 11) is 2.14. The lowest BCUT2D eigenvalue weighted by Gasteiger charge is -2.15. The first-order valence-electron chi connectivity index (χ1n) is 4.42. The van der Waals surface area contributed by atoms with Gasteiger partial charge in [0.15, 0.2) is 0 Å². The summed E-state index contributed by atoms with van der Waals surface area (Å²) in [6.45, 7) is 0. The maximum Gasteiger partial charge on any atom is 0.343 e. The van der Waals surface area contributed by atoms with Crippen molar-refractivity contribution < 1.29 is 28.7 Å². The molecule has 0 radical (unpaired) electrons. The number of esters is 2. The van der Waals surface area contributed by atoms with Gasteiger partial charge in [0.05, 0.1) is 23.2 Å². The average molecular weight is 382 g/mol. The summed E-state index contributed by atoms with van der Waals surface area (Å²) >= 11 is 5.63. The zero-order chi connectivity index (χ0) is 14.0. The number of carbonyl (C=O) groups is 4. The first kappa shape index (κ1) is 14.8. The van der Waals surface area contributed by atoms with E-state index in [1.54, 1.807) is 0 Å². The van der Waals surface area contributed by atoms with Crippen molar-refractivity contribution in [2.24, 2.45) is 0 Å². The van der Waals surface area contributed by atoms with Crippen LogP contribution in [0.1, 0.15) is 0 Å². The van der Waals surface area contributed by atoms with Crippen LogP contribution in [0, 0.1) is 0 Å². The highest BCUT2D eigenvalue weighted by atomic mass is 79.9. The summed E-state index contributed by atoms with van der Waals surface area (Å²) in [5.41, 5.74) is -0.941. The lowest BCUT2D eigenvalue weighted by atomic mass is 9.97. The number of ketones is 2. The van der Waals surface area contributed by atoms with Crippen LogP contribution < -0.4 is 0 Å². The summed E-state index contributed by atoms with van der Waals surface area (Å²) < 4.78 is 8.12. The van der Waals surface area contributed by atoms with E-state index < -0.39 is 34.7 Å². The molecule has 0 saturated carbocycles. The first-order valence-corrected chi connectivity index (χ1v) is 6.01. The fourth-order valence-corrected chi connectivity index (χ4v) is 2.29. The van der Waals surface area contributed by atoms with Gasteiger partial charge in [-0.1, -0.05) is 0 Å². The van der Waals surface area contributed by atoms with Crippen LogP contribution in [0.4, 0.5) is 0 Å². The van der Waals surface area contributed by atoms with Gasteiger partial charge in [-0.2, -0.15) is 0 Å². The van der Waals surface area contributed by atoms with E-state index in [9.17, 15) is 19.2 Å². The van der Waals surface area contributed by atoms with Crippen LogP contribution in [0.2, 0.25) is 0 Å². The summed E-state index contributed by atoms with van der Waals surface area (Å²) in [5, 5.41) is 0. The molecular weight excluding hydrogens is 376 g/mol. The smallest absolute Gasteiger partial charge is 0.343 e. The van der Waals surface area contributed by atoms with Crippen LogP contribution in [-0.4, -0.2) is 37.7 Å². The predicted octanol–water partition coefficient (Wildman–Crippen LogP) is 0.782. The molecule has 1 rings (SSSR count). The van der Waals surface area contributed by atoms with Gasteiger partial charge in [-0.15, -0.1) is 0 Å². The van der Waals surface area contributed by atoms with Crippen molar-refractivity contribution in [3.63, 3.8) is 0 Å². The minimum atomic E-state index is -0.971. The SMILES string of the molecule is COC(=O)C1=C(Br)C(=O)C(C(=O)OC)=C(Br)C1=O. The molecule has 0 spiro atoms. The topological polar surface area (TPSA) is 86.7 Å². The van der Waals surface area contributed by atoms with Crippen LogP contribution in [-0.2, 0) is 28.7 Å². The molecule has 18 heavy (non-hydrogen) atoms. The Morgan fingerprint density at radius 2 is 1.11 bits per heavy atom. The lowest BCUT2D eigenvalue weighted by Crippen LogP contribution is -2.28. The molecule has 0 bridgehead atoms. The summed E-state index contributed by atoms with van der Waals surface area (Å²) in [5.74, 6) is -3.59. The Morgan fingerprint density at radius 3 is 1.33 bits per heavy atom. The van der Waals surface area contributed by atoms with E-state index in [-0.39, 0.29) is 8.96 Å². The van der Waals surface area contributed by atoms with Crippen molar-refractivity contribution in [3.8, 4) is 0 Å². The normalized spacial score (nSPS) is 16.0. The monoisotopic (exact) mass is 380 g/mol. The van der Waals surface area contributed by atoms with E-state index >= 15 is 0 Å². The molecule has 0 aromatic heterocycles. The molecule has 0 unspecified atom stereocenters. The van der Waals surface area contributed by atoms with Crippen molar-refractivity contribution in [3.05, 3.63) is 20.1 Å². The fraction of sp³-hybridized carbons (Fsp3) is 0.200. The predicted molar refractivity (Wildman–Crippen MR) is 66.0 cm³/mol. The van der Waals surface area contributed by atoms with Gasteiger partial charge in [0, 0.05) is 0 Å². The molecule has 1 aliphatic carbocycles. The van der Waals surface area contributed by atoms with Crippen molar-refractivity contribution >= 4 is 55.4 Å². The average Bonchev–Trinajstić information content (AvgIpc) is 2.36. The van der Waals surface area contributed by atoms with E-state index in [1.165, 1.54) is 0 Å². The molecule has 8 heteroatoms. The Labute approximate surface area is 118 Å². The number of hydrogen-bond acceptors (Lipinski definition) is 6. The van der Waals surface area contributed by atoms with Gasteiger partial charge < -0.3 is 9.47 Å². The van der Waals surface area contributed by atoms with Crippen molar-refractivity contribution in [1.29, 1.82) is 0 Å². The van der Waals surface area contributed by atoms with Gasteiger partial charge in [0.25, 0.3) is 0 Å². The van der Waals surface area contributed by atoms with Gasteiger partial charge in [-0.05, 0) is 31.9 Å². The number of ether oxygens (including phenoxy) is 2. The molecule has 0 aromatic carbocycles. The van der Waals surface area contributed by atoms with Crippen molar-refractivity contribution in [1.82, 2.24) is 0 Å². The van der Waals surface area contributed by atoms with Gasteiger partial charge in [-0.3, -0.25) is 9.59 Å². The molecule has 1 aliphatic rings. The first-order chi connectivity index (χ1) is 8.36. The standard InChI is InChI=1S/C10H6Br2O6/c1-17-9(15)3-5(11)8(14)4(10(16)18-2)6(12)7(3)13/h1-2H3. The highest BCUT2D eigenvalue weighted by Gasteiger charge is 2.39. The quantitative estimate of drug-likeness (QED) is 0.399. The number of allylic oxidation sites excluding steroid dienone is 2. The second-order valence-electron chi connectivity index (χ2n) is 3.02. The Balaban J connectivity index is 3.41. The molecule has 96 valence electrons. The highest BCUT2D eigenvalue weighted by molar-refractivity contribution is 9.12. The molecule has 0 amide bonds. The van der Waals surface area contributed by atoms with Crippen molar-refractivity contribution in [2.75, 3.05) is 14.2 Å². The lowest BCUT2D eigenvalue weighted by molar-refractivity contribution is -0.140. The molecule has 0 N–H and O–H groups in total. The minimum absolute atomic E-state index is 0.331. The van der Waals surface area contributed by atoms with Crippen LogP contribution in [0.25, 0.3) is 0 Å². The molecule has 6 nitrogen and oxygen atoms in total. The molecule has 0 atom stereocenters. The maximum absolute atomic E-state index is 11.9. The van der Waals surface area contributed by atoms with E-state index in [0.29, 0.717) is 0 Å². The Bertz CT molecular complexity index is 480.